The summed E-state index contributed by atoms with van der Waals surface area (Å²) in [5, 5.41) is 0. The first-order chi connectivity index (χ1) is 14.1. The van der Waals surface area contributed by atoms with Gasteiger partial charge in [0.1, 0.15) is 11.6 Å². The Labute approximate surface area is 184 Å². The van der Waals surface area contributed by atoms with Crippen LogP contribution in [0.1, 0.15) is 42.5 Å². The van der Waals surface area contributed by atoms with E-state index in [9.17, 15) is 9.18 Å². The van der Waals surface area contributed by atoms with Gasteiger partial charge in [-0.25, -0.2) is 4.39 Å². The van der Waals surface area contributed by atoms with Gasteiger partial charge in [-0.15, -0.1) is 0 Å². The van der Waals surface area contributed by atoms with E-state index in [1.165, 1.54) is 6.07 Å². The smallest absolute Gasteiger partial charge is 0.135 e. The number of ketones is 1. The summed E-state index contributed by atoms with van der Waals surface area (Å²) in [6.45, 7) is 1.88. The lowest BCUT2D eigenvalue weighted by molar-refractivity contribution is -0.119. The van der Waals surface area contributed by atoms with E-state index in [2.05, 4.69) is 70.0 Å². The Balaban J connectivity index is 1.94. The van der Waals surface area contributed by atoms with Gasteiger partial charge in [-0.1, -0.05) is 43.3 Å². The maximum absolute atomic E-state index is 14.2. The van der Waals surface area contributed by atoms with E-state index in [0.29, 0.717) is 12.8 Å². The fourth-order valence-corrected chi connectivity index (χ4v) is 4.16. The van der Waals surface area contributed by atoms with Gasteiger partial charge in [-0.2, -0.15) is 0 Å². The van der Waals surface area contributed by atoms with Gasteiger partial charge in [-0.3, -0.25) is 4.79 Å². The molecule has 0 aromatic heterocycles. The van der Waals surface area contributed by atoms with Crippen molar-refractivity contribution in [3.63, 3.8) is 0 Å². The SMILES string of the molecule is CCC(=O)CC1c2cc(F)ccc2C=C(c2ccccc2)N1c1ccc(I)cc1. The third-order valence-corrected chi connectivity index (χ3v) is 5.98. The van der Waals surface area contributed by atoms with Crippen LogP contribution in [0.25, 0.3) is 11.8 Å². The van der Waals surface area contributed by atoms with Crippen LogP contribution < -0.4 is 4.90 Å². The van der Waals surface area contributed by atoms with Crippen molar-refractivity contribution in [2.45, 2.75) is 25.8 Å². The third-order valence-electron chi connectivity index (χ3n) is 5.26. The monoisotopic (exact) mass is 497 g/mol. The maximum atomic E-state index is 14.2. The number of rotatable bonds is 5. The van der Waals surface area contributed by atoms with Crippen LogP contribution in [0.15, 0.2) is 72.8 Å². The molecule has 4 heteroatoms. The third kappa shape index (κ3) is 4.13. The predicted octanol–water partition coefficient (Wildman–Crippen LogP) is 6.86. The zero-order valence-corrected chi connectivity index (χ0v) is 18.3. The van der Waals surface area contributed by atoms with Gasteiger partial charge in [0.05, 0.1) is 6.04 Å². The Hall–Kier alpha value is -2.47. The molecule has 0 bridgehead atoms. The van der Waals surface area contributed by atoms with Crippen molar-refractivity contribution in [3.05, 3.63) is 98.9 Å². The van der Waals surface area contributed by atoms with E-state index >= 15 is 0 Å². The Bertz CT molecular complexity index is 1060. The van der Waals surface area contributed by atoms with Crippen molar-refractivity contribution < 1.29 is 9.18 Å². The van der Waals surface area contributed by atoms with E-state index in [1.54, 1.807) is 6.07 Å². The number of hydrogen-bond acceptors (Lipinski definition) is 2. The molecular formula is C25H21FINO. The highest BCUT2D eigenvalue weighted by molar-refractivity contribution is 14.1. The Kier molecular flexibility index (Phi) is 5.81. The highest BCUT2D eigenvalue weighted by Crippen LogP contribution is 2.43. The average molecular weight is 497 g/mol. The fourth-order valence-electron chi connectivity index (χ4n) is 3.80. The maximum Gasteiger partial charge on any atom is 0.135 e. The number of halogens is 2. The predicted molar refractivity (Wildman–Crippen MR) is 125 cm³/mol. The van der Waals surface area contributed by atoms with Gasteiger partial charge in [0, 0.05) is 27.8 Å². The summed E-state index contributed by atoms with van der Waals surface area (Å²) < 4.78 is 15.3. The van der Waals surface area contributed by atoms with Gasteiger partial charge >= 0.3 is 0 Å². The van der Waals surface area contributed by atoms with E-state index in [0.717, 1.165) is 31.6 Å². The molecule has 1 aliphatic rings. The molecule has 2 nitrogen and oxygen atoms in total. The number of fused-ring (bicyclic) bond motifs is 1. The lowest BCUT2D eigenvalue weighted by Crippen LogP contribution is -2.32. The molecule has 0 radical (unpaired) electrons. The minimum absolute atomic E-state index is 0.162. The molecule has 29 heavy (non-hydrogen) atoms. The topological polar surface area (TPSA) is 20.3 Å². The van der Waals surface area contributed by atoms with Gasteiger partial charge in [0.15, 0.2) is 0 Å². The summed E-state index contributed by atoms with van der Waals surface area (Å²) >= 11 is 2.28. The second-order valence-corrected chi connectivity index (χ2v) is 8.37. The summed E-state index contributed by atoms with van der Waals surface area (Å²) in [5.74, 6) is -0.119. The van der Waals surface area contributed by atoms with Crippen LogP contribution in [0.2, 0.25) is 0 Å². The number of anilines is 1. The first-order valence-electron chi connectivity index (χ1n) is 9.70. The van der Waals surface area contributed by atoms with Crippen molar-refractivity contribution in [1.29, 1.82) is 0 Å². The lowest BCUT2D eigenvalue weighted by Gasteiger charge is -2.39. The fraction of sp³-hybridized carbons (Fsp3) is 0.160. The molecule has 1 aliphatic heterocycles. The lowest BCUT2D eigenvalue weighted by atomic mass is 9.88. The molecule has 0 aliphatic carbocycles. The van der Waals surface area contributed by atoms with Crippen LogP contribution in [-0.4, -0.2) is 5.78 Å². The number of benzene rings is 3. The molecule has 0 N–H and O–H groups in total. The quantitative estimate of drug-likeness (QED) is 0.359. The molecule has 146 valence electrons. The first kappa shape index (κ1) is 19.8. The van der Waals surface area contributed by atoms with Crippen LogP contribution >= 0.6 is 22.6 Å². The Morgan fingerprint density at radius 2 is 1.76 bits per heavy atom. The zero-order chi connectivity index (χ0) is 20.4. The van der Waals surface area contributed by atoms with Crippen molar-refractivity contribution in [3.8, 4) is 0 Å². The highest BCUT2D eigenvalue weighted by atomic mass is 127. The molecule has 0 saturated carbocycles. The summed E-state index contributed by atoms with van der Waals surface area (Å²) in [7, 11) is 0. The average Bonchev–Trinajstić information content (AvgIpc) is 2.75. The first-order valence-corrected chi connectivity index (χ1v) is 10.8. The van der Waals surface area contributed by atoms with Crippen LogP contribution in [0.4, 0.5) is 10.1 Å². The van der Waals surface area contributed by atoms with Gasteiger partial charge in [0.25, 0.3) is 0 Å². The standard InChI is InChI=1S/C25H21FINO/c1-2-22(29)16-25-23-15-19(26)9-8-18(23)14-24(17-6-4-3-5-7-17)28(25)21-12-10-20(27)11-13-21/h3-15,25H,2,16H2,1H3. The zero-order valence-electron chi connectivity index (χ0n) is 16.1. The van der Waals surface area contributed by atoms with E-state index in [4.69, 9.17) is 0 Å². The number of Topliss-reactive ketones (excluding diaryl/α,β-unsaturated/α-hetero) is 1. The van der Waals surface area contributed by atoms with Crippen LogP contribution in [0.3, 0.4) is 0 Å². The minimum Gasteiger partial charge on any atom is -0.333 e. The summed E-state index contributed by atoms with van der Waals surface area (Å²) in [6.07, 6.45) is 2.89. The summed E-state index contributed by atoms with van der Waals surface area (Å²) in [5.41, 5.74) is 4.88. The molecule has 1 atom stereocenters. The molecule has 0 fully saturated rings. The molecular weight excluding hydrogens is 476 g/mol. The molecule has 3 aromatic carbocycles. The van der Waals surface area contributed by atoms with Crippen LogP contribution in [-0.2, 0) is 4.79 Å². The van der Waals surface area contributed by atoms with E-state index < -0.39 is 0 Å². The van der Waals surface area contributed by atoms with Gasteiger partial charge in [0.2, 0.25) is 0 Å². The van der Waals surface area contributed by atoms with Gasteiger partial charge < -0.3 is 4.90 Å². The molecule has 0 saturated heterocycles. The van der Waals surface area contributed by atoms with Crippen LogP contribution in [0, 0.1) is 9.39 Å². The number of carbonyl (C=O) groups excluding carboxylic acids is 1. The largest absolute Gasteiger partial charge is 0.333 e. The molecule has 4 rings (SSSR count). The molecule has 1 unspecified atom stereocenters. The molecule has 0 amide bonds. The Morgan fingerprint density at radius 1 is 1.03 bits per heavy atom. The van der Waals surface area contributed by atoms with Crippen molar-refractivity contribution in [1.82, 2.24) is 0 Å². The summed E-state index contributed by atoms with van der Waals surface area (Å²) in [6, 6.07) is 23.0. The number of carbonyl (C=O) groups is 1. The van der Waals surface area contributed by atoms with Gasteiger partial charge in [-0.05, 0) is 81.8 Å². The van der Waals surface area contributed by atoms with E-state index in [-0.39, 0.29) is 17.6 Å². The normalized spacial score (nSPS) is 15.6. The van der Waals surface area contributed by atoms with Crippen molar-refractivity contribution in [2.24, 2.45) is 0 Å². The highest BCUT2D eigenvalue weighted by Gasteiger charge is 2.32. The van der Waals surface area contributed by atoms with Crippen molar-refractivity contribution >= 4 is 45.8 Å². The van der Waals surface area contributed by atoms with Crippen LogP contribution in [0.5, 0.6) is 0 Å². The summed E-state index contributed by atoms with van der Waals surface area (Å²) in [4.78, 5) is 14.7. The van der Waals surface area contributed by atoms with E-state index in [1.807, 2.05) is 31.2 Å². The Morgan fingerprint density at radius 3 is 2.45 bits per heavy atom. The number of hydrogen-bond donors (Lipinski definition) is 0. The molecule has 1 heterocycles. The minimum atomic E-state index is -0.281. The second-order valence-electron chi connectivity index (χ2n) is 7.13. The van der Waals surface area contributed by atoms with Crippen molar-refractivity contribution in [2.75, 3.05) is 4.90 Å². The molecule has 0 spiro atoms. The molecule has 3 aromatic rings. The second kappa shape index (κ2) is 8.49. The number of nitrogens with zero attached hydrogens (tertiary/aromatic N) is 1.